The quantitative estimate of drug-likeness (QED) is 0.766. The Kier molecular flexibility index (Phi) is 3.58. The molecule has 0 aliphatic heterocycles. The van der Waals surface area contributed by atoms with Crippen LogP contribution in [0, 0.1) is 11.3 Å². The minimum absolute atomic E-state index is 0.400. The highest BCUT2D eigenvalue weighted by Gasteiger charge is 2.07. The van der Waals surface area contributed by atoms with Crippen LogP contribution in [0.25, 0.3) is 10.9 Å². The zero-order chi connectivity index (χ0) is 13.0. The van der Waals surface area contributed by atoms with E-state index in [1.54, 1.807) is 24.3 Å². The predicted molar refractivity (Wildman–Crippen MR) is 66.2 cm³/mol. The number of aryl methyl sites for hydroxylation is 1. The fraction of sp³-hybridized carbons (Fsp3) is 0.308. The first kappa shape index (κ1) is 12.1. The zero-order valence-electron chi connectivity index (χ0n) is 9.76. The van der Waals surface area contributed by atoms with E-state index in [2.05, 4.69) is 10.5 Å². The molecule has 1 heterocycles. The van der Waals surface area contributed by atoms with Crippen LogP contribution in [0.2, 0.25) is 0 Å². The molecule has 0 atom stereocenters. The number of unbranched alkanes of at least 4 members (excludes halogenated alkanes) is 2. The van der Waals surface area contributed by atoms with Gasteiger partial charge >= 0.3 is 11.4 Å². The van der Waals surface area contributed by atoms with E-state index in [-0.39, 0.29) is 0 Å². The first-order valence-corrected chi connectivity index (χ1v) is 5.73. The molecule has 0 amide bonds. The standard InChI is InChI=1S/C13H12N2O3/c14-8-4-1-5-9-15-11-7-3-2-6-10(11)12(16)18-13(15)17/h2-3,6-7H,1,4-5,9H2. The van der Waals surface area contributed by atoms with Crippen molar-refractivity contribution < 1.29 is 4.42 Å². The second kappa shape index (κ2) is 5.32. The Balaban J connectivity index is 2.41. The molecule has 0 fully saturated rings. The number of nitrogens with zero attached hydrogens (tertiary/aromatic N) is 2. The average Bonchev–Trinajstić information content (AvgIpc) is 2.38. The highest BCUT2D eigenvalue weighted by molar-refractivity contribution is 5.77. The van der Waals surface area contributed by atoms with E-state index in [4.69, 9.17) is 5.26 Å². The molecule has 2 aromatic rings. The van der Waals surface area contributed by atoms with E-state index in [1.807, 2.05) is 0 Å². The Hall–Kier alpha value is -2.35. The van der Waals surface area contributed by atoms with Crippen LogP contribution < -0.4 is 11.4 Å². The van der Waals surface area contributed by atoms with Gasteiger partial charge in [0.05, 0.1) is 17.0 Å². The molecule has 1 aromatic carbocycles. The second-order valence-corrected chi connectivity index (χ2v) is 3.94. The summed E-state index contributed by atoms with van der Waals surface area (Å²) >= 11 is 0. The van der Waals surface area contributed by atoms with Crippen LogP contribution in [0.1, 0.15) is 19.3 Å². The number of benzene rings is 1. The van der Waals surface area contributed by atoms with Gasteiger partial charge in [-0.3, -0.25) is 4.57 Å². The van der Waals surface area contributed by atoms with E-state index < -0.39 is 11.4 Å². The molecule has 92 valence electrons. The number of aromatic nitrogens is 1. The lowest BCUT2D eigenvalue weighted by Crippen LogP contribution is -2.25. The fourth-order valence-electron chi connectivity index (χ4n) is 1.86. The summed E-state index contributed by atoms with van der Waals surface area (Å²) in [6.45, 7) is 0.449. The van der Waals surface area contributed by atoms with E-state index in [1.165, 1.54) is 4.57 Å². The van der Waals surface area contributed by atoms with Crippen molar-refractivity contribution in [3.8, 4) is 6.07 Å². The largest absolute Gasteiger partial charge is 0.422 e. The van der Waals surface area contributed by atoms with Gasteiger partial charge in [-0.2, -0.15) is 5.26 Å². The van der Waals surface area contributed by atoms with Gasteiger partial charge in [-0.05, 0) is 25.0 Å². The van der Waals surface area contributed by atoms with Gasteiger partial charge in [-0.25, -0.2) is 9.59 Å². The molecule has 5 nitrogen and oxygen atoms in total. The zero-order valence-corrected chi connectivity index (χ0v) is 9.76. The molecule has 0 spiro atoms. The highest BCUT2D eigenvalue weighted by atomic mass is 16.4. The normalized spacial score (nSPS) is 10.4. The Morgan fingerprint density at radius 2 is 2.00 bits per heavy atom. The number of nitriles is 1. The number of fused-ring (bicyclic) bond motifs is 1. The molecule has 2 rings (SSSR count). The molecule has 18 heavy (non-hydrogen) atoms. The van der Waals surface area contributed by atoms with Gasteiger partial charge in [0.2, 0.25) is 0 Å². The topological polar surface area (TPSA) is 76.0 Å². The molecule has 0 aliphatic rings. The third-order valence-corrected chi connectivity index (χ3v) is 2.74. The maximum Gasteiger partial charge on any atom is 0.422 e. The summed E-state index contributed by atoms with van der Waals surface area (Å²) in [6, 6.07) is 8.90. The third-order valence-electron chi connectivity index (χ3n) is 2.74. The highest BCUT2D eigenvalue weighted by Crippen LogP contribution is 2.08. The maximum absolute atomic E-state index is 11.6. The van der Waals surface area contributed by atoms with Gasteiger partial charge in [0.1, 0.15) is 0 Å². The van der Waals surface area contributed by atoms with Gasteiger partial charge < -0.3 is 4.42 Å². The van der Waals surface area contributed by atoms with Crippen molar-refractivity contribution in [1.29, 1.82) is 5.26 Å². The Morgan fingerprint density at radius 3 is 2.78 bits per heavy atom. The minimum atomic E-state index is -0.643. The van der Waals surface area contributed by atoms with Gasteiger partial charge in [0.15, 0.2) is 0 Å². The van der Waals surface area contributed by atoms with Crippen molar-refractivity contribution in [2.24, 2.45) is 0 Å². The van der Waals surface area contributed by atoms with Crippen molar-refractivity contribution in [1.82, 2.24) is 4.57 Å². The van der Waals surface area contributed by atoms with Crippen LogP contribution in [-0.2, 0) is 6.54 Å². The summed E-state index contributed by atoms with van der Waals surface area (Å²) in [6.07, 6.45) is 1.88. The van der Waals surface area contributed by atoms with Crippen LogP contribution in [0.5, 0.6) is 0 Å². The minimum Gasteiger partial charge on any atom is -0.372 e. The third kappa shape index (κ3) is 2.33. The van der Waals surface area contributed by atoms with Gasteiger partial charge in [0, 0.05) is 13.0 Å². The number of para-hydroxylation sites is 1. The van der Waals surface area contributed by atoms with E-state index >= 15 is 0 Å². The van der Waals surface area contributed by atoms with Crippen molar-refractivity contribution in [3.05, 3.63) is 45.2 Å². The van der Waals surface area contributed by atoms with Gasteiger partial charge in [0.25, 0.3) is 0 Å². The molecular formula is C13H12N2O3. The lowest BCUT2D eigenvalue weighted by molar-refractivity contribution is 0.411. The first-order valence-electron chi connectivity index (χ1n) is 5.73. The van der Waals surface area contributed by atoms with Crippen molar-refractivity contribution in [2.45, 2.75) is 25.8 Å². The number of rotatable bonds is 4. The van der Waals surface area contributed by atoms with Crippen LogP contribution in [-0.4, -0.2) is 4.57 Å². The molecule has 0 N–H and O–H groups in total. The van der Waals surface area contributed by atoms with Crippen molar-refractivity contribution >= 4 is 10.9 Å². The Bertz CT molecular complexity index is 706. The molecule has 0 unspecified atom stereocenters. The average molecular weight is 244 g/mol. The fourth-order valence-corrected chi connectivity index (χ4v) is 1.86. The van der Waals surface area contributed by atoms with Crippen molar-refractivity contribution in [3.63, 3.8) is 0 Å². The monoisotopic (exact) mass is 244 g/mol. The Morgan fingerprint density at radius 1 is 1.22 bits per heavy atom. The van der Waals surface area contributed by atoms with Crippen LogP contribution in [0.3, 0.4) is 0 Å². The second-order valence-electron chi connectivity index (χ2n) is 3.94. The van der Waals surface area contributed by atoms with Crippen LogP contribution >= 0.6 is 0 Å². The smallest absolute Gasteiger partial charge is 0.372 e. The summed E-state index contributed by atoms with van der Waals surface area (Å²) in [4.78, 5) is 23.2. The van der Waals surface area contributed by atoms with Crippen molar-refractivity contribution in [2.75, 3.05) is 0 Å². The van der Waals surface area contributed by atoms with E-state index in [9.17, 15) is 9.59 Å². The summed E-state index contributed by atoms with van der Waals surface area (Å²) in [5, 5.41) is 8.85. The lowest BCUT2D eigenvalue weighted by Gasteiger charge is -2.07. The van der Waals surface area contributed by atoms with E-state index in [0.717, 1.165) is 6.42 Å². The molecule has 0 bridgehead atoms. The Labute approximate surface area is 103 Å². The first-order chi connectivity index (χ1) is 8.74. The molecular weight excluding hydrogens is 232 g/mol. The molecule has 0 saturated heterocycles. The molecule has 1 aromatic heterocycles. The summed E-state index contributed by atoms with van der Waals surface area (Å²) < 4.78 is 6.10. The molecule has 0 radical (unpaired) electrons. The summed E-state index contributed by atoms with van der Waals surface area (Å²) in [5.41, 5.74) is -0.0282. The maximum atomic E-state index is 11.6. The number of hydrogen-bond donors (Lipinski definition) is 0. The van der Waals surface area contributed by atoms with Gasteiger partial charge in [-0.15, -0.1) is 0 Å². The molecule has 5 heteroatoms. The van der Waals surface area contributed by atoms with Crippen LogP contribution in [0.4, 0.5) is 0 Å². The SMILES string of the molecule is N#CCCCCn1c(=O)oc(=O)c2ccccc21. The van der Waals surface area contributed by atoms with Gasteiger partial charge in [-0.1, -0.05) is 12.1 Å². The summed E-state index contributed by atoms with van der Waals surface area (Å²) in [5.74, 6) is -0.643. The summed E-state index contributed by atoms with van der Waals surface area (Å²) in [7, 11) is 0. The van der Waals surface area contributed by atoms with E-state index in [0.29, 0.717) is 30.3 Å². The van der Waals surface area contributed by atoms with Crippen LogP contribution in [0.15, 0.2) is 38.3 Å². The molecule has 0 aliphatic carbocycles. The molecule has 0 saturated carbocycles. The lowest BCUT2D eigenvalue weighted by atomic mass is 10.2. The predicted octanol–water partition coefficient (Wildman–Crippen LogP) is 1.65. The number of hydrogen-bond acceptors (Lipinski definition) is 4.